The molecule has 0 spiro atoms. The molecule has 0 aliphatic rings. The Morgan fingerprint density at radius 1 is 1.00 bits per heavy atom. The predicted octanol–water partition coefficient (Wildman–Crippen LogP) is 3.51. The number of aryl methyl sites for hydroxylation is 1. The summed E-state index contributed by atoms with van der Waals surface area (Å²) in [5.74, 6) is 0.536. The molecule has 4 nitrogen and oxygen atoms in total. The van der Waals surface area contributed by atoms with E-state index in [1.54, 1.807) is 0 Å². The molecule has 0 amide bonds. The van der Waals surface area contributed by atoms with E-state index in [0.29, 0.717) is 12.8 Å². The molecule has 0 aliphatic heterocycles. The maximum absolute atomic E-state index is 10.5. The van der Waals surface area contributed by atoms with Gasteiger partial charge < -0.3 is 9.29 Å². The third kappa shape index (κ3) is 9.47. The fourth-order valence-electron chi connectivity index (χ4n) is 2.10. The Bertz CT molecular complexity index is 480. The Hall–Kier alpha value is -1.07. The molecular weight excluding hydrogens is 288 g/mol. The highest BCUT2D eigenvalue weighted by molar-refractivity contribution is 7.85. The van der Waals surface area contributed by atoms with Gasteiger partial charge in [0.15, 0.2) is 0 Å². The molecule has 21 heavy (non-hydrogen) atoms. The Labute approximate surface area is 128 Å². The van der Waals surface area contributed by atoms with Gasteiger partial charge in [0, 0.05) is 5.75 Å². The van der Waals surface area contributed by atoms with Crippen molar-refractivity contribution >= 4 is 10.1 Å². The van der Waals surface area contributed by atoms with Gasteiger partial charge in [0.05, 0.1) is 16.7 Å². The Morgan fingerprint density at radius 3 is 2.29 bits per heavy atom. The minimum absolute atomic E-state index is 0.303. The maximum atomic E-state index is 10.5. The topological polar surface area (TPSA) is 66.4 Å². The number of unbranched alkanes of at least 4 members (excludes halogenated alkanes) is 4. The van der Waals surface area contributed by atoms with E-state index in [4.69, 9.17) is 4.74 Å². The first-order valence-electron chi connectivity index (χ1n) is 7.66. The van der Waals surface area contributed by atoms with E-state index in [-0.39, 0.29) is 5.75 Å². The third-order valence-corrected chi connectivity index (χ3v) is 4.09. The summed E-state index contributed by atoms with van der Waals surface area (Å²) in [4.78, 5) is 0. The van der Waals surface area contributed by atoms with Crippen LogP contribution in [0.4, 0.5) is 0 Å². The quantitative estimate of drug-likeness (QED) is 0.463. The van der Waals surface area contributed by atoms with Crippen molar-refractivity contribution in [1.82, 2.24) is 0 Å². The lowest BCUT2D eigenvalue weighted by atomic mass is 10.1. The van der Waals surface area contributed by atoms with E-state index in [9.17, 15) is 13.0 Å². The Morgan fingerprint density at radius 2 is 1.67 bits per heavy atom. The molecule has 1 rings (SSSR count). The first-order valence-corrected chi connectivity index (χ1v) is 9.24. The van der Waals surface area contributed by atoms with Crippen molar-refractivity contribution < 1.29 is 17.7 Å². The van der Waals surface area contributed by atoms with Gasteiger partial charge in [-0.3, -0.25) is 0 Å². The van der Waals surface area contributed by atoms with Crippen LogP contribution in [0.15, 0.2) is 24.3 Å². The summed E-state index contributed by atoms with van der Waals surface area (Å²) in [6, 6.07) is 7.63. The van der Waals surface area contributed by atoms with Gasteiger partial charge in [-0.1, -0.05) is 44.7 Å². The molecule has 0 radical (unpaired) electrons. The number of benzene rings is 1. The minimum Gasteiger partial charge on any atom is -0.748 e. The zero-order valence-electron chi connectivity index (χ0n) is 12.7. The Kier molecular flexibility index (Phi) is 8.38. The van der Waals surface area contributed by atoms with Crippen LogP contribution in [0, 0.1) is 0 Å². The van der Waals surface area contributed by atoms with Crippen LogP contribution in [0.25, 0.3) is 0 Å². The lowest BCUT2D eigenvalue weighted by Gasteiger charge is -2.08. The van der Waals surface area contributed by atoms with Crippen LogP contribution in [0.1, 0.15) is 51.0 Å². The average Bonchev–Trinajstić information content (AvgIpc) is 2.43. The molecule has 1 aromatic rings. The van der Waals surface area contributed by atoms with Crippen molar-refractivity contribution in [3.8, 4) is 5.75 Å². The van der Waals surface area contributed by atoms with Crippen molar-refractivity contribution in [2.75, 3.05) is 12.4 Å². The fourth-order valence-corrected chi connectivity index (χ4v) is 2.60. The van der Waals surface area contributed by atoms with E-state index in [2.05, 4.69) is 6.92 Å². The summed E-state index contributed by atoms with van der Waals surface area (Å²) in [6.45, 7) is 2.93. The fraction of sp³-hybridized carbons (Fsp3) is 0.625. The second kappa shape index (κ2) is 9.79. The van der Waals surface area contributed by atoms with Crippen LogP contribution in [0.2, 0.25) is 0 Å². The summed E-state index contributed by atoms with van der Waals surface area (Å²) in [6.07, 6.45) is 7.03. The molecule has 0 atom stereocenters. The monoisotopic (exact) mass is 313 g/mol. The molecule has 0 aromatic heterocycles. The standard InChI is InChI=1S/C16H26O4S/c1-2-3-4-5-6-13-20-16-11-9-15(10-12-16)8-7-14-21(17,18)19/h9-12H,2-8,13-14H2,1H3,(H,17,18,19)/p-1. The molecule has 0 saturated carbocycles. The van der Waals surface area contributed by atoms with Crippen LogP contribution >= 0.6 is 0 Å². The molecular formula is C16H25O4S-. The Balaban J connectivity index is 2.21. The van der Waals surface area contributed by atoms with E-state index < -0.39 is 10.1 Å². The minimum atomic E-state index is -4.10. The van der Waals surface area contributed by atoms with Crippen LogP contribution in [0.5, 0.6) is 5.75 Å². The summed E-state index contributed by atoms with van der Waals surface area (Å²) in [7, 11) is -4.10. The van der Waals surface area contributed by atoms with E-state index >= 15 is 0 Å². The predicted molar refractivity (Wildman–Crippen MR) is 83.6 cm³/mol. The summed E-state index contributed by atoms with van der Waals surface area (Å²) >= 11 is 0. The normalized spacial score (nSPS) is 11.5. The van der Waals surface area contributed by atoms with Crippen molar-refractivity contribution in [2.45, 2.75) is 51.9 Å². The van der Waals surface area contributed by atoms with Crippen molar-refractivity contribution in [3.63, 3.8) is 0 Å². The zero-order chi connectivity index (χ0) is 15.6. The van der Waals surface area contributed by atoms with Gasteiger partial charge in [0.1, 0.15) is 5.75 Å². The van der Waals surface area contributed by atoms with Gasteiger partial charge in [0.2, 0.25) is 0 Å². The molecule has 0 unspecified atom stereocenters. The van der Waals surface area contributed by atoms with Crippen LogP contribution < -0.4 is 4.74 Å². The summed E-state index contributed by atoms with van der Waals surface area (Å²) < 4.78 is 37.2. The molecule has 0 bridgehead atoms. The molecule has 1 aromatic carbocycles. The first kappa shape index (κ1) is 18.0. The number of rotatable bonds is 11. The highest BCUT2D eigenvalue weighted by Crippen LogP contribution is 2.14. The number of hydrogen-bond acceptors (Lipinski definition) is 4. The smallest absolute Gasteiger partial charge is 0.119 e. The van der Waals surface area contributed by atoms with Crippen LogP contribution in [-0.2, 0) is 16.5 Å². The zero-order valence-corrected chi connectivity index (χ0v) is 13.5. The van der Waals surface area contributed by atoms with E-state index in [1.165, 1.54) is 25.7 Å². The van der Waals surface area contributed by atoms with Gasteiger partial charge in [-0.2, -0.15) is 0 Å². The first-order chi connectivity index (χ1) is 10.0. The summed E-state index contributed by atoms with van der Waals surface area (Å²) in [5, 5.41) is 0. The molecule has 0 N–H and O–H groups in total. The molecule has 0 aliphatic carbocycles. The lowest BCUT2D eigenvalue weighted by Crippen LogP contribution is -2.05. The van der Waals surface area contributed by atoms with Gasteiger partial charge in [-0.15, -0.1) is 0 Å². The van der Waals surface area contributed by atoms with Gasteiger partial charge in [-0.25, -0.2) is 8.42 Å². The van der Waals surface area contributed by atoms with Crippen LogP contribution in [0.3, 0.4) is 0 Å². The SMILES string of the molecule is CCCCCCCOc1ccc(CCCS(=O)(=O)[O-])cc1. The maximum Gasteiger partial charge on any atom is 0.119 e. The second-order valence-corrected chi connectivity index (χ2v) is 6.80. The molecule has 120 valence electrons. The lowest BCUT2D eigenvalue weighted by molar-refractivity contribution is 0.304. The molecule has 5 heteroatoms. The van der Waals surface area contributed by atoms with Gasteiger partial charge >= 0.3 is 0 Å². The van der Waals surface area contributed by atoms with Gasteiger partial charge in [0.25, 0.3) is 0 Å². The summed E-state index contributed by atoms with van der Waals surface area (Å²) in [5.41, 5.74) is 1.02. The highest BCUT2D eigenvalue weighted by Gasteiger charge is 1.99. The highest BCUT2D eigenvalue weighted by atomic mass is 32.2. The third-order valence-electron chi connectivity index (χ3n) is 3.30. The molecule has 0 heterocycles. The molecule has 0 saturated heterocycles. The average molecular weight is 313 g/mol. The van der Waals surface area contributed by atoms with E-state index in [0.717, 1.165) is 24.3 Å². The van der Waals surface area contributed by atoms with Gasteiger partial charge in [-0.05, 0) is 37.0 Å². The van der Waals surface area contributed by atoms with Crippen molar-refractivity contribution in [3.05, 3.63) is 29.8 Å². The number of ether oxygens (including phenoxy) is 1. The number of hydrogen-bond donors (Lipinski definition) is 0. The molecule has 0 fully saturated rings. The van der Waals surface area contributed by atoms with E-state index in [1.807, 2.05) is 24.3 Å². The van der Waals surface area contributed by atoms with Crippen molar-refractivity contribution in [1.29, 1.82) is 0 Å². The van der Waals surface area contributed by atoms with Crippen LogP contribution in [-0.4, -0.2) is 25.3 Å². The largest absolute Gasteiger partial charge is 0.748 e. The second-order valence-electron chi connectivity index (χ2n) is 5.27. The van der Waals surface area contributed by atoms with Crippen molar-refractivity contribution in [2.24, 2.45) is 0 Å².